The van der Waals surface area contributed by atoms with E-state index < -0.39 is 0 Å². The molecule has 5 heteroatoms. The fourth-order valence-electron chi connectivity index (χ4n) is 3.71. The molecule has 1 N–H and O–H groups in total. The lowest BCUT2D eigenvalue weighted by molar-refractivity contribution is 0.471. The molecule has 2 aliphatic heterocycles. The summed E-state index contributed by atoms with van der Waals surface area (Å²) in [6.07, 6.45) is 3.78. The molecule has 2 aliphatic rings. The molecule has 5 nitrogen and oxygen atoms in total. The summed E-state index contributed by atoms with van der Waals surface area (Å²) in [7, 11) is 2.03. The zero-order chi connectivity index (χ0) is 13.0. The molecular weight excluding hydrogens is 238 g/mol. The Bertz CT molecular complexity index is 619. The molecule has 3 unspecified atom stereocenters. The Kier molecular flexibility index (Phi) is 2.33. The van der Waals surface area contributed by atoms with Crippen molar-refractivity contribution in [1.29, 1.82) is 0 Å². The Balaban J connectivity index is 1.79. The summed E-state index contributed by atoms with van der Waals surface area (Å²) in [5.74, 6) is 2.57. The Morgan fingerprint density at radius 3 is 3.05 bits per heavy atom. The molecule has 0 aromatic carbocycles. The number of anilines is 1. The molecule has 2 aromatic heterocycles. The van der Waals surface area contributed by atoms with Gasteiger partial charge in [0.25, 0.3) is 0 Å². The molecule has 0 radical (unpaired) electrons. The SMILES string of the molecule is CC1C2CNCC2CN1c1nccc2c1ncn2C. The van der Waals surface area contributed by atoms with E-state index in [1.165, 1.54) is 0 Å². The molecule has 2 aromatic rings. The maximum atomic E-state index is 4.61. The van der Waals surface area contributed by atoms with Crippen LogP contribution in [0.1, 0.15) is 6.92 Å². The lowest BCUT2D eigenvalue weighted by Gasteiger charge is -2.25. The minimum absolute atomic E-state index is 0.542. The summed E-state index contributed by atoms with van der Waals surface area (Å²) in [4.78, 5) is 11.6. The topological polar surface area (TPSA) is 46.0 Å². The van der Waals surface area contributed by atoms with Crippen molar-refractivity contribution in [3.8, 4) is 0 Å². The summed E-state index contributed by atoms with van der Waals surface area (Å²) in [5.41, 5.74) is 2.19. The molecule has 0 spiro atoms. The second-order valence-corrected chi connectivity index (χ2v) is 5.83. The van der Waals surface area contributed by atoms with E-state index in [4.69, 9.17) is 0 Å². The first kappa shape index (κ1) is 11.2. The van der Waals surface area contributed by atoms with Crippen LogP contribution in [0.15, 0.2) is 18.6 Å². The van der Waals surface area contributed by atoms with E-state index in [0.717, 1.165) is 48.3 Å². The average Bonchev–Trinajstić information content (AvgIpc) is 3.08. The third-order valence-electron chi connectivity index (χ3n) is 4.83. The Morgan fingerprint density at radius 2 is 2.21 bits per heavy atom. The third kappa shape index (κ3) is 1.51. The maximum absolute atomic E-state index is 4.61. The number of imidazole rings is 1. The fraction of sp³-hybridized carbons (Fsp3) is 0.571. The number of nitrogens with zero attached hydrogens (tertiary/aromatic N) is 4. The van der Waals surface area contributed by atoms with Gasteiger partial charge in [-0.1, -0.05) is 0 Å². The molecule has 0 bridgehead atoms. The molecule has 2 saturated heterocycles. The van der Waals surface area contributed by atoms with Gasteiger partial charge >= 0.3 is 0 Å². The second-order valence-electron chi connectivity index (χ2n) is 5.83. The average molecular weight is 257 g/mol. The number of pyridine rings is 1. The quantitative estimate of drug-likeness (QED) is 0.828. The Morgan fingerprint density at radius 1 is 1.32 bits per heavy atom. The highest BCUT2D eigenvalue weighted by Crippen LogP contribution is 2.36. The second kappa shape index (κ2) is 3.93. The summed E-state index contributed by atoms with van der Waals surface area (Å²) in [6, 6.07) is 2.58. The standard InChI is InChI=1S/C14H19N5/c1-9-11-6-15-5-10(11)7-19(9)14-13-12(3-4-16-14)18(2)8-17-13/h3-4,8-11,15H,5-7H2,1-2H3. The molecule has 0 amide bonds. The van der Waals surface area contributed by atoms with Crippen LogP contribution in [-0.2, 0) is 7.05 Å². The summed E-state index contributed by atoms with van der Waals surface area (Å²) >= 11 is 0. The van der Waals surface area contributed by atoms with Crippen LogP contribution in [0.2, 0.25) is 0 Å². The predicted molar refractivity (Wildman–Crippen MR) is 75.2 cm³/mol. The van der Waals surface area contributed by atoms with Crippen molar-refractivity contribution in [1.82, 2.24) is 19.9 Å². The largest absolute Gasteiger partial charge is 0.351 e. The number of fused-ring (bicyclic) bond motifs is 2. The first-order valence-electron chi connectivity index (χ1n) is 6.99. The summed E-state index contributed by atoms with van der Waals surface area (Å²) < 4.78 is 2.06. The van der Waals surface area contributed by atoms with Crippen LogP contribution in [0.5, 0.6) is 0 Å². The van der Waals surface area contributed by atoms with Gasteiger partial charge in [0.1, 0.15) is 5.52 Å². The predicted octanol–water partition coefficient (Wildman–Crippen LogP) is 1.01. The normalized spacial score (nSPS) is 30.2. The van der Waals surface area contributed by atoms with Crippen molar-refractivity contribution >= 4 is 16.9 Å². The highest BCUT2D eigenvalue weighted by molar-refractivity contribution is 5.86. The third-order valence-corrected chi connectivity index (χ3v) is 4.83. The van der Waals surface area contributed by atoms with Crippen LogP contribution in [0.4, 0.5) is 5.82 Å². The first-order chi connectivity index (χ1) is 9.25. The van der Waals surface area contributed by atoms with Gasteiger partial charge in [-0.05, 0) is 24.8 Å². The van der Waals surface area contributed by atoms with Crippen LogP contribution >= 0.6 is 0 Å². The molecule has 4 rings (SSSR count). The van der Waals surface area contributed by atoms with Gasteiger partial charge in [-0.15, -0.1) is 0 Å². The molecule has 0 aliphatic carbocycles. The maximum Gasteiger partial charge on any atom is 0.157 e. The Labute approximate surface area is 112 Å². The lowest BCUT2D eigenvalue weighted by Crippen LogP contribution is -2.33. The van der Waals surface area contributed by atoms with Gasteiger partial charge in [0.05, 0.1) is 11.8 Å². The van der Waals surface area contributed by atoms with Crippen LogP contribution in [0.25, 0.3) is 11.0 Å². The Hall–Kier alpha value is -1.62. The number of aryl methyl sites for hydroxylation is 1. The van der Waals surface area contributed by atoms with E-state index >= 15 is 0 Å². The lowest BCUT2D eigenvalue weighted by atomic mass is 9.95. The van der Waals surface area contributed by atoms with Gasteiger partial charge in [-0.2, -0.15) is 0 Å². The highest BCUT2D eigenvalue weighted by atomic mass is 15.3. The van der Waals surface area contributed by atoms with E-state index in [1.807, 2.05) is 25.6 Å². The fourth-order valence-corrected chi connectivity index (χ4v) is 3.71. The highest BCUT2D eigenvalue weighted by Gasteiger charge is 2.42. The zero-order valence-electron chi connectivity index (χ0n) is 11.4. The van der Waals surface area contributed by atoms with Gasteiger partial charge in [0, 0.05) is 38.9 Å². The van der Waals surface area contributed by atoms with Gasteiger partial charge in [0.15, 0.2) is 5.82 Å². The number of hydrogen-bond acceptors (Lipinski definition) is 4. The summed E-state index contributed by atoms with van der Waals surface area (Å²) in [5, 5.41) is 3.50. The molecule has 2 fully saturated rings. The van der Waals surface area contributed by atoms with Crippen molar-refractivity contribution in [2.75, 3.05) is 24.5 Å². The van der Waals surface area contributed by atoms with Gasteiger partial charge in [-0.3, -0.25) is 0 Å². The molecule has 4 heterocycles. The number of rotatable bonds is 1. The van der Waals surface area contributed by atoms with Crippen LogP contribution in [-0.4, -0.2) is 40.2 Å². The minimum atomic E-state index is 0.542. The van der Waals surface area contributed by atoms with Crippen molar-refractivity contribution in [3.05, 3.63) is 18.6 Å². The van der Waals surface area contributed by atoms with E-state index in [1.54, 1.807) is 0 Å². The summed E-state index contributed by atoms with van der Waals surface area (Å²) in [6.45, 7) is 5.70. The first-order valence-corrected chi connectivity index (χ1v) is 6.99. The van der Waals surface area contributed by atoms with Crippen molar-refractivity contribution in [2.45, 2.75) is 13.0 Å². The van der Waals surface area contributed by atoms with Crippen molar-refractivity contribution in [3.63, 3.8) is 0 Å². The molecule has 0 saturated carbocycles. The van der Waals surface area contributed by atoms with Gasteiger partial charge in [-0.25, -0.2) is 9.97 Å². The zero-order valence-corrected chi connectivity index (χ0v) is 11.4. The van der Waals surface area contributed by atoms with Crippen LogP contribution in [0.3, 0.4) is 0 Å². The van der Waals surface area contributed by atoms with Crippen molar-refractivity contribution in [2.24, 2.45) is 18.9 Å². The smallest absolute Gasteiger partial charge is 0.157 e. The number of nitrogens with one attached hydrogen (secondary N) is 1. The minimum Gasteiger partial charge on any atom is -0.351 e. The molecule has 3 atom stereocenters. The molecule has 19 heavy (non-hydrogen) atoms. The van der Waals surface area contributed by atoms with Gasteiger partial charge < -0.3 is 14.8 Å². The van der Waals surface area contributed by atoms with E-state index in [-0.39, 0.29) is 0 Å². The van der Waals surface area contributed by atoms with Crippen molar-refractivity contribution < 1.29 is 0 Å². The molecular formula is C14H19N5. The number of aromatic nitrogens is 3. The van der Waals surface area contributed by atoms with E-state index in [2.05, 4.69) is 31.7 Å². The van der Waals surface area contributed by atoms with Crippen LogP contribution < -0.4 is 10.2 Å². The molecule has 100 valence electrons. The van der Waals surface area contributed by atoms with E-state index in [9.17, 15) is 0 Å². The monoisotopic (exact) mass is 257 g/mol. The van der Waals surface area contributed by atoms with E-state index in [0.29, 0.717) is 6.04 Å². The number of hydrogen-bond donors (Lipinski definition) is 1. The van der Waals surface area contributed by atoms with Crippen LogP contribution in [0, 0.1) is 11.8 Å². The van der Waals surface area contributed by atoms with Gasteiger partial charge in [0.2, 0.25) is 0 Å².